The first-order valence-corrected chi connectivity index (χ1v) is 10.6. The maximum absolute atomic E-state index is 13.7. The predicted octanol–water partition coefficient (Wildman–Crippen LogP) is 4.15. The molecule has 0 fully saturated rings. The van der Waals surface area contributed by atoms with Crippen LogP contribution < -0.4 is 5.56 Å². The fourth-order valence-electron chi connectivity index (χ4n) is 3.85. The Balaban J connectivity index is 1.70. The Morgan fingerprint density at radius 2 is 1.82 bits per heavy atom. The molecule has 0 saturated carbocycles. The van der Waals surface area contributed by atoms with Gasteiger partial charge >= 0.3 is 0 Å². The van der Waals surface area contributed by atoms with E-state index in [1.807, 2.05) is 42.8 Å². The molecular formula is C24H21ClF2N4O2. The number of imidazole rings is 1. The molecule has 0 aliphatic heterocycles. The third kappa shape index (κ3) is 4.86. The van der Waals surface area contributed by atoms with E-state index in [0.29, 0.717) is 11.6 Å². The lowest BCUT2D eigenvalue weighted by Gasteiger charge is -2.18. The van der Waals surface area contributed by atoms with Crippen molar-refractivity contribution in [3.05, 3.63) is 110 Å². The van der Waals surface area contributed by atoms with Crippen molar-refractivity contribution in [2.24, 2.45) is 0 Å². The minimum absolute atomic E-state index is 0.0298. The number of nitrogens with zero attached hydrogens (tertiary/aromatic N) is 4. The lowest BCUT2D eigenvalue weighted by molar-refractivity contribution is 0.236. The highest BCUT2D eigenvalue weighted by Crippen LogP contribution is 2.21. The molecule has 1 N–H and O–H groups in total. The highest BCUT2D eigenvalue weighted by atomic mass is 35.5. The van der Waals surface area contributed by atoms with E-state index in [1.165, 1.54) is 6.07 Å². The van der Waals surface area contributed by atoms with Gasteiger partial charge in [-0.25, -0.2) is 18.4 Å². The van der Waals surface area contributed by atoms with E-state index in [4.69, 9.17) is 11.6 Å². The van der Waals surface area contributed by atoms with Crippen LogP contribution in [0.2, 0.25) is 5.15 Å². The van der Waals surface area contributed by atoms with Crippen molar-refractivity contribution in [1.82, 2.24) is 19.3 Å². The Labute approximate surface area is 193 Å². The van der Waals surface area contributed by atoms with Crippen molar-refractivity contribution in [3.8, 4) is 5.69 Å². The quantitative estimate of drug-likeness (QED) is 0.459. The van der Waals surface area contributed by atoms with Crippen molar-refractivity contribution < 1.29 is 13.9 Å². The third-order valence-corrected chi connectivity index (χ3v) is 5.55. The summed E-state index contributed by atoms with van der Waals surface area (Å²) in [4.78, 5) is 17.4. The van der Waals surface area contributed by atoms with Crippen molar-refractivity contribution in [1.29, 1.82) is 0 Å². The number of hydrogen-bond donors (Lipinski definition) is 1. The number of halogens is 3. The smallest absolute Gasteiger partial charge is 0.271 e. The molecule has 0 aliphatic rings. The average Bonchev–Trinajstić information content (AvgIpc) is 3.17. The van der Waals surface area contributed by atoms with Crippen molar-refractivity contribution >= 4 is 11.6 Å². The lowest BCUT2D eigenvalue weighted by Crippen LogP contribution is -2.32. The van der Waals surface area contributed by atoms with E-state index in [1.54, 1.807) is 6.33 Å². The van der Waals surface area contributed by atoms with Crippen LogP contribution >= 0.6 is 11.6 Å². The zero-order valence-corrected chi connectivity index (χ0v) is 18.7. The zero-order valence-electron chi connectivity index (χ0n) is 18.0. The van der Waals surface area contributed by atoms with Crippen LogP contribution in [0.15, 0.2) is 59.8 Å². The number of aryl methyl sites for hydroxylation is 2. The summed E-state index contributed by atoms with van der Waals surface area (Å²) in [5, 5.41) is 13.9. The van der Waals surface area contributed by atoms with Crippen molar-refractivity contribution in [2.75, 3.05) is 6.61 Å². The molecule has 33 heavy (non-hydrogen) atoms. The van der Waals surface area contributed by atoms with E-state index in [2.05, 4.69) is 10.1 Å². The normalized spacial score (nSPS) is 12.2. The van der Waals surface area contributed by atoms with Crippen molar-refractivity contribution in [3.63, 3.8) is 0 Å². The highest BCUT2D eigenvalue weighted by Gasteiger charge is 2.20. The Bertz CT molecular complexity index is 1360. The molecule has 0 radical (unpaired) electrons. The zero-order chi connectivity index (χ0) is 23.7. The summed E-state index contributed by atoms with van der Waals surface area (Å²) < 4.78 is 30.3. The van der Waals surface area contributed by atoms with Crippen LogP contribution in [0.3, 0.4) is 0 Å². The molecular weight excluding hydrogens is 450 g/mol. The molecule has 0 saturated heterocycles. The van der Waals surface area contributed by atoms with Gasteiger partial charge in [-0.05, 0) is 54.8 Å². The monoisotopic (exact) mass is 470 g/mol. The van der Waals surface area contributed by atoms with Gasteiger partial charge in [0.05, 0.1) is 18.6 Å². The van der Waals surface area contributed by atoms with E-state index in [0.717, 1.165) is 39.3 Å². The second-order valence-corrected chi connectivity index (χ2v) is 8.25. The van der Waals surface area contributed by atoms with Gasteiger partial charge in [0.2, 0.25) is 0 Å². The number of hydrogen-bond acceptors (Lipinski definition) is 4. The summed E-state index contributed by atoms with van der Waals surface area (Å²) in [6.45, 7) is 3.29. The molecule has 0 aliphatic carbocycles. The van der Waals surface area contributed by atoms with Gasteiger partial charge < -0.3 is 9.67 Å². The summed E-state index contributed by atoms with van der Waals surface area (Å²) in [7, 11) is 0. The standard InChI is InChI=1S/C24H21ClF2N4O2/c1-14-5-16(3-4-21(14)30-11-15(2)28-13-30)6-18-9-23(25)29-31(24(18)33)22(12-32)17-7-19(26)10-20(27)8-17/h3-5,7-11,13,22,32H,6,12H2,1-2H3/t22-/m0/s1. The van der Waals surface area contributed by atoms with Gasteiger partial charge in [-0.2, -0.15) is 5.10 Å². The molecule has 170 valence electrons. The molecule has 0 bridgehead atoms. The Kier molecular flexibility index (Phi) is 6.40. The van der Waals surface area contributed by atoms with Gasteiger partial charge in [0, 0.05) is 29.9 Å². The fraction of sp³-hybridized carbons (Fsp3) is 0.208. The summed E-state index contributed by atoms with van der Waals surface area (Å²) in [6.07, 6.45) is 3.93. The molecule has 4 rings (SSSR count). The summed E-state index contributed by atoms with van der Waals surface area (Å²) in [5.41, 5.74) is 3.66. The molecule has 2 heterocycles. The Morgan fingerprint density at radius 1 is 1.09 bits per heavy atom. The molecule has 0 unspecified atom stereocenters. The van der Waals surface area contributed by atoms with E-state index >= 15 is 0 Å². The maximum Gasteiger partial charge on any atom is 0.271 e. The van der Waals surface area contributed by atoms with Gasteiger partial charge in [0.25, 0.3) is 5.56 Å². The van der Waals surface area contributed by atoms with Crippen LogP contribution in [0.4, 0.5) is 8.78 Å². The molecule has 1 atom stereocenters. The first-order chi connectivity index (χ1) is 15.7. The average molecular weight is 471 g/mol. The molecule has 0 amide bonds. The first-order valence-electron chi connectivity index (χ1n) is 10.2. The molecule has 4 aromatic rings. The number of benzene rings is 2. The van der Waals surface area contributed by atoms with Crippen LogP contribution in [0.1, 0.15) is 34.0 Å². The number of rotatable bonds is 6. The Morgan fingerprint density at radius 3 is 2.42 bits per heavy atom. The number of aromatic nitrogens is 4. The van der Waals surface area contributed by atoms with E-state index < -0.39 is 29.8 Å². The van der Waals surface area contributed by atoms with Crippen LogP contribution in [-0.4, -0.2) is 31.0 Å². The van der Waals surface area contributed by atoms with E-state index in [9.17, 15) is 18.7 Å². The topological polar surface area (TPSA) is 72.9 Å². The summed E-state index contributed by atoms with van der Waals surface area (Å²) in [6, 6.07) is 9.01. The first kappa shape index (κ1) is 22.8. The molecule has 6 nitrogen and oxygen atoms in total. The lowest BCUT2D eigenvalue weighted by atomic mass is 10.0. The molecule has 0 spiro atoms. The van der Waals surface area contributed by atoms with Crippen LogP contribution in [0, 0.1) is 25.5 Å². The van der Waals surface area contributed by atoms with Crippen LogP contribution in [0.25, 0.3) is 5.69 Å². The van der Waals surface area contributed by atoms with Gasteiger partial charge in [0.1, 0.15) is 22.8 Å². The second-order valence-electron chi connectivity index (χ2n) is 7.86. The number of aliphatic hydroxyl groups excluding tert-OH is 1. The third-order valence-electron chi connectivity index (χ3n) is 5.36. The number of aliphatic hydroxyl groups is 1. The Hall–Kier alpha value is -3.36. The maximum atomic E-state index is 13.7. The second kappa shape index (κ2) is 9.25. The molecule has 2 aromatic carbocycles. The molecule has 9 heteroatoms. The van der Waals surface area contributed by atoms with Crippen LogP contribution in [-0.2, 0) is 6.42 Å². The van der Waals surface area contributed by atoms with Crippen molar-refractivity contribution in [2.45, 2.75) is 26.3 Å². The predicted molar refractivity (Wildman–Crippen MR) is 121 cm³/mol. The van der Waals surface area contributed by atoms with Gasteiger partial charge in [-0.3, -0.25) is 4.79 Å². The fourth-order valence-corrected chi connectivity index (χ4v) is 4.06. The minimum atomic E-state index is -1.09. The highest BCUT2D eigenvalue weighted by molar-refractivity contribution is 6.29. The summed E-state index contributed by atoms with van der Waals surface area (Å²) >= 11 is 6.17. The summed E-state index contributed by atoms with van der Waals surface area (Å²) in [5.74, 6) is -1.63. The van der Waals surface area contributed by atoms with Crippen LogP contribution in [0.5, 0.6) is 0 Å². The van der Waals surface area contributed by atoms with Gasteiger partial charge in [-0.1, -0.05) is 23.7 Å². The largest absolute Gasteiger partial charge is 0.394 e. The van der Waals surface area contributed by atoms with Gasteiger partial charge in [0.15, 0.2) is 0 Å². The van der Waals surface area contributed by atoms with E-state index in [-0.39, 0.29) is 17.1 Å². The van der Waals surface area contributed by atoms with Gasteiger partial charge in [-0.15, -0.1) is 0 Å². The SMILES string of the molecule is Cc1cn(-c2ccc(Cc3cc(Cl)nn([C@@H](CO)c4cc(F)cc(F)c4)c3=O)cc2C)cn1. The molecule has 2 aromatic heterocycles. The minimum Gasteiger partial charge on any atom is -0.394 e.